The Bertz CT molecular complexity index is 726. The van der Waals surface area contributed by atoms with E-state index >= 15 is 0 Å². The topological polar surface area (TPSA) is 55.2 Å². The number of aromatic amines is 1. The van der Waals surface area contributed by atoms with Crippen molar-refractivity contribution in [2.75, 3.05) is 6.61 Å². The molecule has 0 unspecified atom stereocenters. The number of hydrogen-bond donors (Lipinski definition) is 1. The van der Waals surface area contributed by atoms with E-state index in [9.17, 15) is 0 Å². The second-order valence-corrected chi connectivity index (χ2v) is 7.15. The Labute approximate surface area is 162 Å². The number of ether oxygens (including phenoxy) is 1. The van der Waals surface area contributed by atoms with Crippen LogP contribution in [0.2, 0.25) is 0 Å². The lowest BCUT2D eigenvalue weighted by molar-refractivity contribution is 0.302. The first-order chi connectivity index (χ1) is 12.2. The summed E-state index contributed by atoms with van der Waals surface area (Å²) in [6, 6.07) is 5.91. The van der Waals surface area contributed by atoms with E-state index in [0.717, 1.165) is 28.8 Å². The van der Waals surface area contributed by atoms with Crippen LogP contribution >= 0.6 is 28.1 Å². The summed E-state index contributed by atoms with van der Waals surface area (Å²) in [5.41, 5.74) is 0.957. The molecule has 7 heteroatoms. The molecule has 0 aliphatic heterocycles. The third kappa shape index (κ3) is 7.12. The Morgan fingerprint density at radius 3 is 2.68 bits per heavy atom. The van der Waals surface area contributed by atoms with Gasteiger partial charge in [-0.1, -0.05) is 45.4 Å². The van der Waals surface area contributed by atoms with Gasteiger partial charge in [-0.3, -0.25) is 5.10 Å². The maximum Gasteiger partial charge on any atom is 0.216 e. The van der Waals surface area contributed by atoms with Gasteiger partial charge in [0.25, 0.3) is 0 Å². The fraction of sp³-hybridized carbons (Fsp3) is 0.500. The van der Waals surface area contributed by atoms with Crippen molar-refractivity contribution in [2.24, 2.45) is 5.10 Å². The monoisotopic (exact) mass is 424 g/mol. The van der Waals surface area contributed by atoms with Gasteiger partial charge < -0.3 is 4.74 Å². The third-order valence-corrected chi connectivity index (χ3v) is 4.73. The maximum atomic E-state index is 5.86. The predicted octanol–water partition coefficient (Wildman–Crippen LogP) is 5.71. The van der Waals surface area contributed by atoms with Crippen molar-refractivity contribution >= 4 is 34.4 Å². The number of halogens is 1. The molecule has 0 saturated heterocycles. The van der Waals surface area contributed by atoms with Crippen LogP contribution in [-0.2, 0) is 0 Å². The fourth-order valence-electron chi connectivity index (χ4n) is 2.41. The van der Waals surface area contributed by atoms with Crippen LogP contribution in [0.25, 0.3) is 0 Å². The zero-order valence-electron chi connectivity index (χ0n) is 14.6. The highest BCUT2D eigenvalue weighted by atomic mass is 79.9. The van der Waals surface area contributed by atoms with E-state index in [2.05, 4.69) is 38.2 Å². The van der Waals surface area contributed by atoms with Gasteiger partial charge in [-0.15, -0.1) is 0 Å². The minimum absolute atomic E-state index is 0.463. The van der Waals surface area contributed by atoms with Crippen molar-refractivity contribution in [3.63, 3.8) is 0 Å². The molecule has 0 aliphatic carbocycles. The van der Waals surface area contributed by atoms with E-state index in [4.69, 9.17) is 17.0 Å². The molecule has 25 heavy (non-hydrogen) atoms. The quantitative estimate of drug-likeness (QED) is 0.285. The van der Waals surface area contributed by atoms with Crippen molar-refractivity contribution in [3.8, 4) is 5.75 Å². The Morgan fingerprint density at radius 2 is 2.00 bits per heavy atom. The van der Waals surface area contributed by atoms with Crippen LogP contribution in [0.5, 0.6) is 5.75 Å². The molecule has 1 aromatic carbocycles. The van der Waals surface area contributed by atoms with Gasteiger partial charge in [0.15, 0.2) is 0 Å². The number of rotatable bonds is 11. The van der Waals surface area contributed by atoms with Crippen LogP contribution < -0.4 is 4.74 Å². The average Bonchev–Trinajstić information content (AvgIpc) is 3.02. The molecule has 0 aliphatic rings. The molecule has 0 saturated carbocycles. The summed E-state index contributed by atoms with van der Waals surface area (Å²) in [6.07, 6.45) is 12.2. The van der Waals surface area contributed by atoms with Crippen LogP contribution in [0, 0.1) is 4.77 Å². The first kappa shape index (κ1) is 19.8. The minimum Gasteiger partial charge on any atom is -0.492 e. The number of hydrogen-bond acceptors (Lipinski definition) is 4. The molecule has 1 N–H and O–H groups in total. The molecule has 2 rings (SSSR count). The van der Waals surface area contributed by atoms with Crippen molar-refractivity contribution in [1.29, 1.82) is 0 Å². The van der Waals surface area contributed by atoms with Crippen LogP contribution in [0.15, 0.2) is 34.1 Å². The zero-order valence-corrected chi connectivity index (χ0v) is 17.0. The summed E-state index contributed by atoms with van der Waals surface area (Å²) >= 11 is 8.61. The summed E-state index contributed by atoms with van der Waals surface area (Å²) < 4.78 is 8.76. The van der Waals surface area contributed by atoms with Crippen LogP contribution in [0.4, 0.5) is 0 Å². The molecule has 2 aromatic rings. The predicted molar refractivity (Wildman–Crippen MR) is 108 cm³/mol. The normalized spacial score (nSPS) is 11.3. The van der Waals surface area contributed by atoms with Crippen LogP contribution in [-0.4, -0.2) is 27.7 Å². The summed E-state index contributed by atoms with van der Waals surface area (Å²) in [5.74, 6) is 0.864. The number of unbranched alkanes of at least 4 members (excludes halogenated alkanes) is 6. The van der Waals surface area contributed by atoms with E-state index < -0.39 is 0 Å². The van der Waals surface area contributed by atoms with E-state index in [1.54, 1.807) is 6.21 Å². The summed E-state index contributed by atoms with van der Waals surface area (Å²) in [6.45, 7) is 3.00. The largest absolute Gasteiger partial charge is 0.492 e. The standard InChI is InChI=1S/C18H25BrN4OS/c1-2-3-4-5-6-7-8-11-24-17-10-9-15(12-16(17)19)13-21-23-14-20-22-18(23)25/h9-10,12-14H,2-8,11H2,1H3,(H,22,25)/b21-13-. The molecule has 0 radical (unpaired) electrons. The molecular formula is C18H25BrN4OS. The molecule has 1 aromatic heterocycles. The smallest absolute Gasteiger partial charge is 0.216 e. The number of H-pyrrole nitrogens is 1. The molecule has 0 fully saturated rings. The van der Waals surface area contributed by atoms with E-state index in [1.807, 2.05) is 18.2 Å². The van der Waals surface area contributed by atoms with Crippen molar-refractivity contribution in [3.05, 3.63) is 39.3 Å². The van der Waals surface area contributed by atoms with Gasteiger partial charge in [-0.25, -0.2) is 0 Å². The first-order valence-corrected chi connectivity index (χ1v) is 9.99. The SMILES string of the molecule is CCCCCCCCCOc1ccc(/C=N\n2cn[nH]c2=S)cc1Br. The van der Waals surface area contributed by atoms with Gasteiger partial charge in [-0.05, 0) is 58.3 Å². The molecule has 0 spiro atoms. The summed E-state index contributed by atoms with van der Waals surface area (Å²) in [7, 11) is 0. The number of benzene rings is 1. The van der Waals surface area contributed by atoms with Crippen molar-refractivity contribution < 1.29 is 4.74 Å². The Kier molecular flexibility index (Phi) is 8.90. The third-order valence-electron chi connectivity index (χ3n) is 3.83. The zero-order chi connectivity index (χ0) is 17.9. The van der Waals surface area contributed by atoms with Gasteiger partial charge in [0.2, 0.25) is 4.77 Å². The lowest BCUT2D eigenvalue weighted by Crippen LogP contribution is -1.98. The van der Waals surface area contributed by atoms with E-state index in [0.29, 0.717) is 4.77 Å². The van der Waals surface area contributed by atoms with E-state index in [1.165, 1.54) is 49.5 Å². The fourth-order valence-corrected chi connectivity index (χ4v) is 3.07. The molecule has 1 heterocycles. The molecule has 136 valence electrons. The average molecular weight is 425 g/mol. The highest BCUT2D eigenvalue weighted by Crippen LogP contribution is 2.25. The summed E-state index contributed by atoms with van der Waals surface area (Å²) in [4.78, 5) is 0. The highest BCUT2D eigenvalue weighted by molar-refractivity contribution is 9.10. The Balaban J connectivity index is 1.75. The van der Waals surface area contributed by atoms with Gasteiger partial charge in [-0.2, -0.15) is 14.9 Å². The lowest BCUT2D eigenvalue weighted by atomic mass is 10.1. The Morgan fingerprint density at radius 1 is 1.24 bits per heavy atom. The number of nitrogens with one attached hydrogen (secondary N) is 1. The maximum absolute atomic E-state index is 5.86. The highest BCUT2D eigenvalue weighted by Gasteiger charge is 2.02. The van der Waals surface area contributed by atoms with Crippen LogP contribution in [0.3, 0.4) is 0 Å². The molecule has 5 nitrogen and oxygen atoms in total. The van der Waals surface area contributed by atoms with Gasteiger partial charge in [0.1, 0.15) is 12.1 Å². The molecular weight excluding hydrogens is 400 g/mol. The lowest BCUT2D eigenvalue weighted by Gasteiger charge is -2.08. The number of nitrogens with zero attached hydrogens (tertiary/aromatic N) is 3. The molecule has 0 bridgehead atoms. The summed E-state index contributed by atoms with van der Waals surface area (Å²) in [5, 5.41) is 10.7. The number of aromatic nitrogens is 3. The van der Waals surface area contributed by atoms with Crippen LogP contribution in [0.1, 0.15) is 57.4 Å². The van der Waals surface area contributed by atoms with Gasteiger partial charge in [0.05, 0.1) is 17.3 Å². The first-order valence-electron chi connectivity index (χ1n) is 8.79. The van der Waals surface area contributed by atoms with Gasteiger partial charge in [0, 0.05) is 0 Å². The van der Waals surface area contributed by atoms with E-state index in [-0.39, 0.29) is 0 Å². The minimum atomic E-state index is 0.463. The van der Waals surface area contributed by atoms with Crippen molar-refractivity contribution in [2.45, 2.75) is 51.9 Å². The second-order valence-electron chi connectivity index (χ2n) is 5.91. The van der Waals surface area contributed by atoms with Gasteiger partial charge >= 0.3 is 0 Å². The second kappa shape index (κ2) is 11.2. The molecule has 0 atom stereocenters. The Hall–Kier alpha value is -1.47. The van der Waals surface area contributed by atoms with Crippen molar-refractivity contribution in [1.82, 2.24) is 14.9 Å². The molecule has 0 amide bonds.